The number of amides is 1. The molecule has 0 heterocycles. The highest BCUT2D eigenvalue weighted by atomic mass is 16.5. The second kappa shape index (κ2) is 9.82. The smallest absolute Gasteiger partial charge is 0.307 e. The van der Waals surface area contributed by atoms with E-state index in [1.54, 1.807) is 11.8 Å². The second-order valence-corrected chi connectivity index (χ2v) is 4.78. The molecule has 0 atom stereocenters. The molecule has 122 valence electrons. The van der Waals surface area contributed by atoms with E-state index >= 15 is 0 Å². The maximum atomic E-state index is 12.3. The summed E-state index contributed by atoms with van der Waals surface area (Å²) in [4.78, 5) is 25.3. The Morgan fingerprint density at radius 2 is 1.73 bits per heavy atom. The lowest BCUT2D eigenvalue weighted by Crippen LogP contribution is -2.34. The summed E-state index contributed by atoms with van der Waals surface area (Å²) in [6.07, 6.45) is 0.555. The van der Waals surface area contributed by atoms with Crippen LogP contribution in [0.3, 0.4) is 0 Å². The highest BCUT2D eigenvalue weighted by Crippen LogP contribution is 2.13. The maximum absolute atomic E-state index is 12.3. The van der Waals surface area contributed by atoms with Gasteiger partial charge in [-0.2, -0.15) is 0 Å². The van der Waals surface area contributed by atoms with Crippen molar-refractivity contribution in [1.82, 2.24) is 4.90 Å². The number of nitrogens with zero attached hydrogens (tertiary/aromatic N) is 1. The summed E-state index contributed by atoms with van der Waals surface area (Å²) in [7, 11) is 0. The third kappa shape index (κ3) is 6.16. The van der Waals surface area contributed by atoms with Gasteiger partial charge in [0.05, 0.1) is 26.1 Å². The van der Waals surface area contributed by atoms with Crippen LogP contribution in [0.1, 0.15) is 32.8 Å². The molecule has 1 rings (SSSR count). The average Bonchev–Trinajstić information content (AvgIpc) is 2.50. The number of carbonyl (C=O) groups is 2. The highest BCUT2D eigenvalue weighted by Gasteiger charge is 2.14. The average molecular weight is 307 g/mol. The van der Waals surface area contributed by atoms with Crippen molar-refractivity contribution in [3.8, 4) is 5.75 Å². The SMILES string of the molecule is CCOC(=O)CCN(CC)C(=O)Cc1ccc(OCC)cc1. The lowest BCUT2D eigenvalue weighted by Gasteiger charge is -2.20. The number of esters is 1. The summed E-state index contributed by atoms with van der Waals surface area (Å²) >= 11 is 0. The van der Waals surface area contributed by atoms with Crippen LogP contribution in [-0.2, 0) is 20.7 Å². The Kier molecular flexibility index (Phi) is 8.04. The van der Waals surface area contributed by atoms with E-state index in [1.165, 1.54) is 0 Å². The number of carbonyl (C=O) groups excluding carboxylic acids is 2. The molecule has 0 radical (unpaired) electrons. The fourth-order valence-corrected chi connectivity index (χ4v) is 2.08. The number of rotatable bonds is 9. The Morgan fingerprint density at radius 3 is 2.27 bits per heavy atom. The predicted molar refractivity (Wildman–Crippen MR) is 84.8 cm³/mol. The molecule has 0 N–H and O–H groups in total. The summed E-state index contributed by atoms with van der Waals surface area (Å²) in [5, 5.41) is 0. The van der Waals surface area contributed by atoms with E-state index in [0.717, 1.165) is 11.3 Å². The zero-order valence-corrected chi connectivity index (χ0v) is 13.6. The number of ether oxygens (including phenoxy) is 2. The first-order chi connectivity index (χ1) is 10.6. The molecule has 0 bridgehead atoms. The number of hydrogen-bond donors (Lipinski definition) is 0. The van der Waals surface area contributed by atoms with Crippen LogP contribution in [0.4, 0.5) is 0 Å². The molecule has 0 unspecified atom stereocenters. The molecule has 0 saturated carbocycles. The van der Waals surface area contributed by atoms with Crippen molar-refractivity contribution >= 4 is 11.9 Å². The van der Waals surface area contributed by atoms with Crippen molar-refractivity contribution in [3.05, 3.63) is 29.8 Å². The largest absolute Gasteiger partial charge is 0.494 e. The van der Waals surface area contributed by atoms with E-state index in [-0.39, 0.29) is 18.3 Å². The summed E-state index contributed by atoms with van der Waals surface area (Å²) in [5.41, 5.74) is 0.933. The van der Waals surface area contributed by atoms with Gasteiger partial charge in [-0.15, -0.1) is 0 Å². The van der Waals surface area contributed by atoms with Gasteiger partial charge in [0.2, 0.25) is 5.91 Å². The van der Waals surface area contributed by atoms with E-state index in [9.17, 15) is 9.59 Å². The molecule has 1 aromatic carbocycles. The van der Waals surface area contributed by atoms with Crippen LogP contribution in [0.15, 0.2) is 24.3 Å². The summed E-state index contributed by atoms with van der Waals surface area (Å²) in [6, 6.07) is 7.51. The third-order valence-corrected chi connectivity index (χ3v) is 3.22. The molecule has 22 heavy (non-hydrogen) atoms. The molecule has 1 amide bonds. The summed E-state index contributed by atoms with van der Waals surface area (Å²) < 4.78 is 10.3. The van der Waals surface area contributed by atoms with Gasteiger partial charge >= 0.3 is 5.97 Å². The Balaban J connectivity index is 2.51. The standard InChI is InChI=1S/C17H25NO4/c1-4-18(12-11-17(20)22-6-3)16(19)13-14-7-9-15(10-8-14)21-5-2/h7-10H,4-6,11-13H2,1-3H3. The minimum absolute atomic E-state index is 0.0101. The Labute approximate surface area is 132 Å². The molecule has 5 nitrogen and oxygen atoms in total. The number of hydrogen-bond acceptors (Lipinski definition) is 4. The van der Waals surface area contributed by atoms with E-state index < -0.39 is 0 Å². The normalized spacial score (nSPS) is 10.1. The van der Waals surface area contributed by atoms with Gasteiger partial charge in [-0.1, -0.05) is 12.1 Å². The lowest BCUT2D eigenvalue weighted by atomic mass is 10.1. The van der Waals surface area contributed by atoms with Gasteiger partial charge in [0.25, 0.3) is 0 Å². The van der Waals surface area contributed by atoms with Crippen LogP contribution in [0.25, 0.3) is 0 Å². The molecular weight excluding hydrogens is 282 g/mol. The Hall–Kier alpha value is -2.04. The first-order valence-electron chi connectivity index (χ1n) is 7.75. The van der Waals surface area contributed by atoms with Crippen molar-refractivity contribution in [3.63, 3.8) is 0 Å². The highest BCUT2D eigenvalue weighted by molar-refractivity contribution is 5.79. The van der Waals surface area contributed by atoms with Gasteiger partial charge in [0.15, 0.2) is 0 Å². The fourth-order valence-electron chi connectivity index (χ4n) is 2.08. The lowest BCUT2D eigenvalue weighted by molar-refractivity contribution is -0.144. The van der Waals surface area contributed by atoms with Gasteiger partial charge in [-0.25, -0.2) is 0 Å². The van der Waals surface area contributed by atoms with Crippen LogP contribution >= 0.6 is 0 Å². The molecule has 5 heteroatoms. The van der Waals surface area contributed by atoms with Crippen molar-refractivity contribution in [1.29, 1.82) is 0 Å². The van der Waals surface area contributed by atoms with E-state index in [2.05, 4.69) is 0 Å². The molecule has 0 aliphatic carbocycles. The van der Waals surface area contributed by atoms with Crippen LogP contribution in [-0.4, -0.2) is 43.1 Å². The van der Waals surface area contributed by atoms with Gasteiger partial charge in [0.1, 0.15) is 5.75 Å². The molecule has 0 aliphatic rings. The van der Waals surface area contributed by atoms with Crippen molar-refractivity contribution in [2.75, 3.05) is 26.3 Å². The van der Waals surface area contributed by atoms with Gasteiger partial charge in [0, 0.05) is 13.1 Å². The second-order valence-electron chi connectivity index (χ2n) is 4.78. The van der Waals surface area contributed by atoms with Gasteiger partial charge < -0.3 is 14.4 Å². The van der Waals surface area contributed by atoms with Crippen LogP contribution in [0, 0.1) is 0 Å². The zero-order valence-electron chi connectivity index (χ0n) is 13.6. The topological polar surface area (TPSA) is 55.8 Å². The Morgan fingerprint density at radius 1 is 1.05 bits per heavy atom. The number of benzene rings is 1. The van der Waals surface area contributed by atoms with Crippen LogP contribution in [0.5, 0.6) is 5.75 Å². The van der Waals surface area contributed by atoms with Gasteiger partial charge in [-0.3, -0.25) is 9.59 Å². The molecule has 0 saturated heterocycles. The quantitative estimate of drug-likeness (QED) is 0.658. The van der Waals surface area contributed by atoms with E-state index in [4.69, 9.17) is 9.47 Å². The first kappa shape index (κ1) is 18.0. The van der Waals surface area contributed by atoms with Crippen molar-refractivity contribution in [2.24, 2.45) is 0 Å². The summed E-state index contributed by atoms with van der Waals surface area (Å²) in [6.45, 7) is 7.56. The van der Waals surface area contributed by atoms with E-state index in [0.29, 0.717) is 32.7 Å². The minimum Gasteiger partial charge on any atom is -0.494 e. The third-order valence-electron chi connectivity index (χ3n) is 3.22. The van der Waals surface area contributed by atoms with Crippen LogP contribution in [0.2, 0.25) is 0 Å². The van der Waals surface area contributed by atoms with Crippen molar-refractivity contribution in [2.45, 2.75) is 33.6 Å². The summed E-state index contributed by atoms with van der Waals surface area (Å²) in [5.74, 6) is 0.541. The zero-order chi connectivity index (χ0) is 16.4. The van der Waals surface area contributed by atoms with E-state index in [1.807, 2.05) is 38.1 Å². The monoisotopic (exact) mass is 307 g/mol. The van der Waals surface area contributed by atoms with Crippen LogP contribution < -0.4 is 4.74 Å². The molecule has 1 aromatic rings. The predicted octanol–water partition coefficient (Wildman–Crippen LogP) is 2.43. The minimum atomic E-state index is -0.269. The first-order valence-corrected chi connectivity index (χ1v) is 7.75. The molecule has 0 aromatic heterocycles. The fraction of sp³-hybridized carbons (Fsp3) is 0.529. The maximum Gasteiger partial charge on any atom is 0.307 e. The molecule has 0 aliphatic heterocycles. The molecule has 0 fully saturated rings. The number of likely N-dealkylation sites (N-methyl/N-ethyl adjacent to an activating group) is 1. The molecule has 0 spiro atoms. The van der Waals surface area contributed by atoms with Gasteiger partial charge in [-0.05, 0) is 38.5 Å². The molecular formula is C17H25NO4. The Bertz CT molecular complexity index is 470. The van der Waals surface area contributed by atoms with Crippen molar-refractivity contribution < 1.29 is 19.1 Å².